The predicted molar refractivity (Wildman–Crippen MR) is 89.2 cm³/mol. The van der Waals surface area contributed by atoms with E-state index in [0.717, 1.165) is 31.6 Å². The minimum atomic E-state index is -0.467. The number of pyridine rings is 1. The van der Waals surface area contributed by atoms with Gasteiger partial charge in [0.2, 0.25) is 5.91 Å². The maximum Gasteiger partial charge on any atom is 0.290 e. The van der Waals surface area contributed by atoms with Crippen LogP contribution in [-0.4, -0.2) is 15.8 Å². The molecule has 0 radical (unpaired) electrons. The molecule has 1 aliphatic carbocycles. The van der Waals surface area contributed by atoms with Crippen molar-refractivity contribution in [2.45, 2.75) is 58.8 Å². The number of aryl methyl sites for hydroxylation is 1. The third-order valence-electron chi connectivity index (χ3n) is 4.71. The highest BCUT2D eigenvalue weighted by Gasteiger charge is 2.26. The van der Waals surface area contributed by atoms with Crippen LogP contribution in [0.4, 0.5) is 11.5 Å². The van der Waals surface area contributed by atoms with Crippen molar-refractivity contribution in [1.29, 1.82) is 0 Å². The molecule has 1 N–H and O–H groups in total. The molecule has 0 aromatic carbocycles. The minimum absolute atomic E-state index is 0.0142. The van der Waals surface area contributed by atoms with Crippen LogP contribution in [0.15, 0.2) is 12.3 Å². The van der Waals surface area contributed by atoms with E-state index in [1.54, 1.807) is 13.0 Å². The van der Waals surface area contributed by atoms with E-state index in [1.807, 2.05) is 0 Å². The molecule has 0 spiro atoms. The molecule has 6 nitrogen and oxygen atoms in total. The number of amides is 1. The van der Waals surface area contributed by atoms with Crippen molar-refractivity contribution in [3.05, 3.63) is 27.9 Å². The fourth-order valence-electron chi connectivity index (χ4n) is 3.24. The lowest BCUT2D eigenvalue weighted by Gasteiger charge is -2.27. The molecule has 1 fully saturated rings. The molecule has 0 unspecified atom stereocenters. The van der Waals surface area contributed by atoms with Gasteiger partial charge in [-0.3, -0.25) is 14.9 Å². The van der Waals surface area contributed by atoms with E-state index >= 15 is 0 Å². The van der Waals surface area contributed by atoms with Crippen molar-refractivity contribution in [2.24, 2.45) is 11.8 Å². The van der Waals surface area contributed by atoms with Crippen molar-refractivity contribution >= 4 is 17.4 Å². The number of hydrogen-bond acceptors (Lipinski definition) is 4. The molecule has 0 atom stereocenters. The highest BCUT2D eigenvalue weighted by atomic mass is 16.6. The first-order chi connectivity index (χ1) is 11.0. The van der Waals surface area contributed by atoms with Crippen molar-refractivity contribution < 1.29 is 9.72 Å². The second-order valence-electron chi connectivity index (χ2n) is 6.46. The Morgan fingerprint density at radius 2 is 2.09 bits per heavy atom. The van der Waals surface area contributed by atoms with Crippen LogP contribution in [0, 0.1) is 28.9 Å². The Labute approximate surface area is 136 Å². The summed E-state index contributed by atoms with van der Waals surface area (Å²) in [5.74, 6) is 1.18. The number of rotatable bonds is 6. The fraction of sp³-hybridized carbons (Fsp3) is 0.647. The summed E-state index contributed by atoms with van der Waals surface area (Å²) < 4.78 is 0. The van der Waals surface area contributed by atoms with Crippen LogP contribution in [0.25, 0.3) is 0 Å². The molecule has 1 aliphatic rings. The van der Waals surface area contributed by atoms with E-state index in [4.69, 9.17) is 0 Å². The van der Waals surface area contributed by atoms with E-state index < -0.39 is 4.92 Å². The Kier molecular flexibility index (Phi) is 6.07. The number of nitrogens with zero attached hydrogens (tertiary/aromatic N) is 2. The van der Waals surface area contributed by atoms with Gasteiger partial charge in [-0.25, -0.2) is 4.98 Å². The van der Waals surface area contributed by atoms with Gasteiger partial charge in [0.25, 0.3) is 5.69 Å². The van der Waals surface area contributed by atoms with Crippen molar-refractivity contribution in [1.82, 2.24) is 4.98 Å². The number of carbonyl (C=O) groups excluding carboxylic acids is 1. The molecule has 1 aromatic heterocycles. The van der Waals surface area contributed by atoms with Gasteiger partial charge in [0.15, 0.2) is 0 Å². The van der Waals surface area contributed by atoms with Crippen LogP contribution in [-0.2, 0) is 4.79 Å². The second kappa shape index (κ2) is 8.04. The summed E-state index contributed by atoms with van der Waals surface area (Å²) in [7, 11) is 0. The molecule has 1 amide bonds. The Bertz CT molecular complexity index is 566. The predicted octanol–water partition coefficient (Wildman–Crippen LogP) is 4.23. The number of unbranched alkanes of at least 4 members (excludes halogenated alkanes) is 1. The average molecular weight is 319 g/mol. The van der Waals surface area contributed by atoms with Crippen LogP contribution >= 0.6 is 0 Å². The zero-order valence-electron chi connectivity index (χ0n) is 13.9. The zero-order valence-corrected chi connectivity index (χ0v) is 13.9. The normalized spacial score (nSPS) is 21.0. The number of nitro groups is 1. The molecular formula is C17H25N3O3. The third-order valence-corrected chi connectivity index (χ3v) is 4.71. The SMILES string of the molecule is CCCCC1CCC(C(=O)Nc2cc(C)c([N+](=O)[O-])cn2)CC1. The monoisotopic (exact) mass is 319 g/mol. The number of aromatic nitrogens is 1. The Morgan fingerprint density at radius 1 is 1.39 bits per heavy atom. The highest BCUT2D eigenvalue weighted by molar-refractivity contribution is 5.91. The third kappa shape index (κ3) is 4.74. The van der Waals surface area contributed by atoms with Crippen LogP contribution in [0.3, 0.4) is 0 Å². The van der Waals surface area contributed by atoms with Crippen LogP contribution < -0.4 is 5.32 Å². The lowest BCUT2D eigenvalue weighted by atomic mass is 9.79. The molecule has 6 heteroatoms. The van der Waals surface area contributed by atoms with Crippen molar-refractivity contribution in [2.75, 3.05) is 5.32 Å². The lowest BCUT2D eigenvalue weighted by molar-refractivity contribution is -0.385. The van der Waals surface area contributed by atoms with E-state index in [9.17, 15) is 14.9 Å². The van der Waals surface area contributed by atoms with Gasteiger partial charge in [0.1, 0.15) is 12.0 Å². The molecule has 1 heterocycles. The number of hydrogen-bond donors (Lipinski definition) is 1. The van der Waals surface area contributed by atoms with E-state index in [-0.39, 0.29) is 17.5 Å². The van der Waals surface area contributed by atoms with Gasteiger partial charge >= 0.3 is 0 Å². The summed E-state index contributed by atoms with van der Waals surface area (Å²) in [5, 5.41) is 13.6. The van der Waals surface area contributed by atoms with Gasteiger partial charge in [-0.2, -0.15) is 0 Å². The molecular weight excluding hydrogens is 294 g/mol. The summed E-state index contributed by atoms with van der Waals surface area (Å²) in [5.41, 5.74) is 0.475. The standard InChI is InChI=1S/C17H25N3O3/c1-3-4-5-13-6-8-14(9-7-13)17(21)19-16-10-12(2)15(11-18-16)20(22)23/h10-11,13-14H,3-9H2,1-2H3,(H,18,19,21). The van der Waals surface area contributed by atoms with E-state index in [1.165, 1.54) is 25.5 Å². The van der Waals surface area contributed by atoms with Crippen LogP contribution in [0.1, 0.15) is 57.4 Å². The number of carbonyl (C=O) groups is 1. The van der Waals surface area contributed by atoms with Gasteiger partial charge in [-0.15, -0.1) is 0 Å². The van der Waals surface area contributed by atoms with Gasteiger partial charge in [0.05, 0.1) is 4.92 Å². The van der Waals surface area contributed by atoms with E-state index in [2.05, 4.69) is 17.2 Å². The summed E-state index contributed by atoms with van der Waals surface area (Å²) in [6.45, 7) is 3.85. The first kappa shape index (κ1) is 17.4. The smallest absolute Gasteiger partial charge is 0.290 e. The highest BCUT2D eigenvalue weighted by Crippen LogP contribution is 2.32. The molecule has 1 aromatic rings. The van der Waals surface area contributed by atoms with Gasteiger partial charge in [-0.1, -0.05) is 26.2 Å². The maximum absolute atomic E-state index is 12.3. The van der Waals surface area contributed by atoms with Gasteiger partial charge in [0, 0.05) is 11.5 Å². The Balaban J connectivity index is 1.88. The summed E-state index contributed by atoms with van der Waals surface area (Å²) in [6.07, 6.45) is 9.05. The summed E-state index contributed by atoms with van der Waals surface area (Å²) >= 11 is 0. The molecule has 1 saturated carbocycles. The number of nitrogens with one attached hydrogen (secondary N) is 1. The fourth-order valence-corrected chi connectivity index (χ4v) is 3.24. The molecule has 2 rings (SSSR count). The van der Waals surface area contributed by atoms with E-state index in [0.29, 0.717) is 11.4 Å². The minimum Gasteiger partial charge on any atom is -0.310 e. The first-order valence-electron chi connectivity index (χ1n) is 8.43. The molecule has 0 saturated heterocycles. The molecule has 126 valence electrons. The van der Waals surface area contributed by atoms with Crippen LogP contribution in [0.5, 0.6) is 0 Å². The van der Waals surface area contributed by atoms with Crippen LogP contribution in [0.2, 0.25) is 0 Å². The maximum atomic E-state index is 12.3. The second-order valence-corrected chi connectivity index (χ2v) is 6.46. The summed E-state index contributed by atoms with van der Waals surface area (Å²) in [4.78, 5) is 26.6. The zero-order chi connectivity index (χ0) is 16.8. The average Bonchev–Trinajstić information content (AvgIpc) is 2.53. The Morgan fingerprint density at radius 3 is 2.65 bits per heavy atom. The topological polar surface area (TPSA) is 85.1 Å². The lowest BCUT2D eigenvalue weighted by Crippen LogP contribution is -2.27. The first-order valence-corrected chi connectivity index (χ1v) is 8.43. The van der Waals surface area contributed by atoms with Crippen molar-refractivity contribution in [3.8, 4) is 0 Å². The van der Waals surface area contributed by atoms with Crippen molar-refractivity contribution in [3.63, 3.8) is 0 Å². The summed E-state index contributed by atoms with van der Waals surface area (Å²) in [6, 6.07) is 1.56. The molecule has 23 heavy (non-hydrogen) atoms. The quantitative estimate of drug-likeness (QED) is 0.628. The van der Waals surface area contributed by atoms with Gasteiger partial charge < -0.3 is 5.32 Å². The largest absolute Gasteiger partial charge is 0.310 e. The molecule has 0 bridgehead atoms. The molecule has 0 aliphatic heterocycles. The van der Waals surface area contributed by atoms with Gasteiger partial charge in [-0.05, 0) is 44.6 Å². The Hall–Kier alpha value is -1.98. The number of anilines is 1.